The second kappa shape index (κ2) is 9.54. The van der Waals surface area contributed by atoms with Crippen LogP contribution in [-0.2, 0) is 34.2 Å². The van der Waals surface area contributed by atoms with Gasteiger partial charge in [0.25, 0.3) is 0 Å². The Morgan fingerprint density at radius 1 is 0.652 bits per heavy atom. The molecule has 2 aromatic rings. The number of benzene rings is 2. The van der Waals surface area contributed by atoms with Crippen molar-refractivity contribution >= 4 is 23.9 Å². The molecular formula is C18H16N2O2S. The summed E-state index contributed by atoms with van der Waals surface area (Å²) in [5.41, 5.74) is 4.50. The van der Waals surface area contributed by atoms with Gasteiger partial charge >= 0.3 is 0 Å². The fourth-order valence-corrected chi connectivity index (χ4v) is 2.97. The largest absolute Gasteiger partial charge is 0.235 e. The van der Waals surface area contributed by atoms with Crippen molar-refractivity contribution in [1.29, 1.82) is 0 Å². The monoisotopic (exact) mass is 324 g/mol. The van der Waals surface area contributed by atoms with Gasteiger partial charge in [0.2, 0.25) is 12.2 Å². The third-order valence-corrected chi connectivity index (χ3v) is 4.31. The zero-order valence-corrected chi connectivity index (χ0v) is 13.4. The highest BCUT2D eigenvalue weighted by Gasteiger charge is 1.98. The summed E-state index contributed by atoms with van der Waals surface area (Å²) in [7, 11) is 0. The van der Waals surface area contributed by atoms with Gasteiger partial charge in [-0.3, -0.25) is 0 Å². The highest BCUT2D eigenvalue weighted by atomic mass is 32.2. The molecular weight excluding hydrogens is 308 g/mol. The van der Waals surface area contributed by atoms with Gasteiger partial charge in [-0.25, -0.2) is 19.6 Å². The number of hydrogen-bond acceptors (Lipinski definition) is 5. The van der Waals surface area contributed by atoms with Crippen molar-refractivity contribution in [2.45, 2.75) is 24.6 Å². The third-order valence-electron chi connectivity index (χ3n) is 3.24. The van der Waals surface area contributed by atoms with Crippen LogP contribution in [-0.4, -0.2) is 12.2 Å². The molecule has 0 aliphatic rings. The number of carbonyl (C=O) groups excluding carboxylic acids is 2. The Labute approximate surface area is 139 Å². The quantitative estimate of drug-likeness (QED) is 0.548. The molecule has 2 rings (SSSR count). The van der Waals surface area contributed by atoms with E-state index in [4.69, 9.17) is 0 Å². The Morgan fingerprint density at radius 3 is 1.35 bits per heavy atom. The lowest BCUT2D eigenvalue weighted by Gasteiger charge is -2.04. The van der Waals surface area contributed by atoms with Gasteiger partial charge < -0.3 is 0 Å². The van der Waals surface area contributed by atoms with Gasteiger partial charge in [-0.15, -0.1) is 0 Å². The standard InChI is InChI=1S/C18H16N2O2S/c21-13-19-9-15-1-5-17(6-2-15)11-23-12-18-7-3-16(4-8-18)10-20-14-22/h1-8H,9-12H2. The molecule has 0 saturated heterocycles. The number of hydrogen-bond donors (Lipinski definition) is 0. The molecule has 0 heterocycles. The van der Waals surface area contributed by atoms with E-state index in [9.17, 15) is 9.59 Å². The maximum Gasteiger partial charge on any atom is 0.235 e. The van der Waals surface area contributed by atoms with Gasteiger partial charge in [-0.2, -0.15) is 11.8 Å². The molecule has 0 N–H and O–H groups in total. The topological polar surface area (TPSA) is 58.9 Å². The van der Waals surface area contributed by atoms with Crippen LogP contribution >= 0.6 is 11.8 Å². The molecule has 5 heteroatoms. The number of nitrogens with zero attached hydrogens (tertiary/aromatic N) is 2. The van der Waals surface area contributed by atoms with Crippen molar-refractivity contribution < 1.29 is 9.59 Å². The van der Waals surface area contributed by atoms with Crippen molar-refractivity contribution in [3.8, 4) is 0 Å². The zero-order chi connectivity index (χ0) is 16.3. The Morgan fingerprint density at radius 2 is 1.00 bits per heavy atom. The maximum absolute atomic E-state index is 10.1. The Kier molecular flexibility index (Phi) is 7.02. The fraction of sp³-hybridized carbons (Fsp3) is 0.222. The Bertz CT molecular complexity index is 650. The van der Waals surface area contributed by atoms with Crippen LogP contribution in [0.3, 0.4) is 0 Å². The molecule has 0 unspecified atom stereocenters. The summed E-state index contributed by atoms with van der Waals surface area (Å²) in [6, 6.07) is 16.2. The Balaban J connectivity index is 1.80. The number of rotatable bonds is 8. The van der Waals surface area contributed by atoms with Crippen molar-refractivity contribution in [3.63, 3.8) is 0 Å². The van der Waals surface area contributed by atoms with E-state index in [1.165, 1.54) is 11.1 Å². The predicted molar refractivity (Wildman–Crippen MR) is 91.5 cm³/mol. The molecule has 23 heavy (non-hydrogen) atoms. The van der Waals surface area contributed by atoms with Gasteiger partial charge in [-0.1, -0.05) is 48.5 Å². The van der Waals surface area contributed by atoms with Crippen molar-refractivity contribution in [2.75, 3.05) is 0 Å². The highest BCUT2D eigenvalue weighted by Crippen LogP contribution is 2.19. The molecule has 0 fully saturated rings. The van der Waals surface area contributed by atoms with Crippen LogP contribution < -0.4 is 0 Å². The van der Waals surface area contributed by atoms with E-state index >= 15 is 0 Å². The van der Waals surface area contributed by atoms with Crippen molar-refractivity contribution in [3.05, 3.63) is 70.8 Å². The summed E-state index contributed by atoms with van der Waals surface area (Å²) in [6.45, 7) is 0.773. The number of aliphatic imine (C=N–C) groups is 2. The van der Waals surface area contributed by atoms with Crippen LogP contribution in [0.15, 0.2) is 58.5 Å². The number of thioether (sulfide) groups is 1. The molecule has 0 aliphatic heterocycles. The van der Waals surface area contributed by atoms with E-state index in [0.717, 1.165) is 22.6 Å². The van der Waals surface area contributed by atoms with Gasteiger partial charge in [0.15, 0.2) is 0 Å². The van der Waals surface area contributed by atoms with Crippen LogP contribution in [0.4, 0.5) is 0 Å². The normalized spacial score (nSPS) is 9.74. The summed E-state index contributed by atoms with van der Waals surface area (Å²) in [5, 5.41) is 0. The zero-order valence-electron chi connectivity index (χ0n) is 12.6. The minimum atomic E-state index is 0.386. The first-order chi connectivity index (χ1) is 11.3. The van der Waals surface area contributed by atoms with Crippen molar-refractivity contribution in [1.82, 2.24) is 0 Å². The van der Waals surface area contributed by atoms with E-state index in [0.29, 0.717) is 13.1 Å². The SMILES string of the molecule is O=C=NCc1ccc(CSCc2ccc(CN=C=O)cc2)cc1. The predicted octanol–water partition coefficient (Wildman–Crippen LogP) is 3.79. The molecule has 0 bridgehead atoms. The van der Waals surface area contributed by atoms with Gasteiger partial charge in [0.1, 0.15) is 0 Å². The molecule has 0 atom stereocenters. The molecule has 0 amide bonds. The van der Waals surface area contributed by atoms with E-state index in [2.05, 4.69) is 34.3 Å². The molecule has 0 aromatic heterocycles. The van der Waals surface area contributed by atoms with E-state index in [1.54, 1.807) is 12.2 Å². The van der Waals surface area contributed by atoms with Crippen LogP contribution in [0.2, 0.25) is 0 Å². The van der Waals surface area contributed by atoms with Gasteiger partial charge in [0, 0.05) is 11.5 Å². The van der Waals surface area contributed by atoms with Gasteiger partial charge in [-0.05, 0) is 22.3 Å². The lowest BCUT2D eigenvalue weighted by Crippen LogP contribution is -1.87. The smallest absolute Gasteiger partial charge is 0.211 e. The summed E-state index contributed by atoms with van der Waals surface area (Å²) < 4.78 is 0. The first-order valence-corrected chi connectivity index (χ1v) is 8.28. The van der Waals surface area contributed by atoms with E-state index in [1.807, 2.05) is 36.0 Å². The molecule has 116 valence electrons. The van der Waals surface area contributed by atoms with Crippen LogP contribution in [0.25, 0.3) is 0 Å². The minimum absolute atomic E-state index is 0.386. The summed E-state index contributed by atoms with van der Waals surface area (Å²) >= 11 is 1.84. The minimum Gasteiger partial charge on any atom is -0.211 e. The lowest BCUT2D eigenvalue weighted by atomic mass is 10.1. The molecule has 4 nitrogen and oxygen atoms in total. The second-order valence-electron chi connectivity index (χ2n) is 4.94. The summed E-state index contributed by atoms with van der Waals surface area (Å²) in [6.07, 6.45) is 3.09. The average molecular weight is 324 g/mol. The van der Waals surface area contributed by atoms with Crippen LogP contribution in [0, 0.1) is 0 Å². The van der Waals surface area contributed by atoms with E-state index in [-0.39, 0.29) is 0 Å². The first kappa shape index (κ1) is 16.9. The summed E-state index contributed by atoms with van der Waals surface area (Å²) in [5.74, 6) is 1.85. The average Bonchev–Trinajstić information content (AvgIpc) is 2.60. The van der Waals surface area contributed by atoms with Crippen molar-refractivity contribution in [2.24, 2.45) is 9.98 Å². The highest BCUT2D eigenvalue weighted by molar-refractivity contribution is 7.97. The first-order valence-electron chi connectivity index (χ1n) is 7.12. The Hall–Kier alpha value is -2.45. The van der Waals surface area contributed by atoms with Crippen LogP contribution in [0.5, 0.6) is 0 Å². The molecule has 0 saturated carbocycles. The summed E-state index contributed by atoms with van der Waals surface area (Å²) in [4.78, 5) is 27.3. The number of isocyanates is 2. The molecule has 0 radical (unpaired) electrons. The second-order valence-corrected chi connectivity index (χ2v) is 5.93. The molecule has 0 spiro atoms. The van der Waals surface area contributed by atoms with E-state index < -0.39 is 0 Å². The lowest BCUT2D eigenvalue weighted by molar-refractivity contribution is 0.562. The maximum atomic E-state index is 10.1. The third kappa shape index (κ3) is 6.05. The van der Waals surface area contributed by atoms with Gasteiger partial charge in [0.05, 0.1) is 13.1 Å². The fourth-order valence-electron chi connectivity index (χ4n) is 2.02. The molecule has 0 aliphatic carbocycles. The molecule has 2 aromatic carbocycles. The van der Waals surface area contributed by atoms with Crippen LogP contribution in [0.1, 0.15) is 22.3 Å².